The standard InChI is InChI=1S/C45H45NO11SSi/c1-49-35-22-30(23-36(50-2)43(35)55-7)59(31-24-37(51-3)44(56-8)38(25-31)52-4,32-26-39(53-5)45(57-9)40(27-32)54-6)29-20-18-28(19-21-29)46-33-14-10-12-16-41(33)58(47,48)42-17-13-11-15-34(42)46/h10-27H,1-9H3. The molecular weight excluding hydrogens is 791 g/mol. The van der Waals surface area contributed by atoms with Crippen molar-refractivity contribution in [3.63, 3.8) is 0 Å². The number of hydrogen-bond acceptors (Lipinski definition) is 12. The molecule has 0 spiro atoms. The van der Waals surface area contributed by atoms with Gasteiger partial charge in [-0.15, -0.1) is 0 Å². The Kier molecular flexibility index (Phi) is 11.3. The Balaban J connectivity index is 1.63. The second-order valence-electron chi connectivity index (χ2n) is 13.3. The van der Waals surface area contributed by atoms with Crippen molar-refractivity contribution in [1.82, 2.24) is 0 Å². The highest BCUT2D eigenvalue weighted by Gasteiger charge is 2.46. The number of nitrogens with zero attached hydrogens (tertiary/aromatic N) is 1. The second-order valence-corrected chi connectivity index (χ2v) is 19.0. The zero-order chi connectivity index (χ0) is 42.1. The fourth-order valence-electron chi connectivity index (χ4n) is 8.02. The lowest BCUT2D eigenvalue weighted by Gasteiger charge is -2.37. The Morgan fingerprint density at radius 3 is 0.983 bits per heavy atom. The second kappa shape index (κ2) is 16.4. The molecule has 0 unspecified atom stereocenters. The predicted octanol–water partition coefficient (Wildman–Crippen LogP) is 5.76. The number of hydrogen-bond donors (Lipinski definition) is 0. The summed E-state index contributed by atoms with van der Waals surface area (Å²) in [5, 5.41) is 3.36. The highest BCUT2D eigenvalue weighted by molar-refractivity contribution is 7.92. The summed E-state index contributed by atoms with van der Waals surface area (Å²) in [5.41, 5.74) is 1.83. The van der Waals surface area contributed by atoms with Gasteiger partial charge in [0.05, 0.1) is 85.2 Å². The number of fused-ring (bicyclic) bond motifs is 2. The maximum Gasteiger partial charge on any atom is 0.210 e. The van der Waals surface area contributed by atoms with Crippen LogP contribution in [-0.4, -0.2) is 80.5 Å². The molecule has 0 saturated heterocycles. The van der Waals surface area contributed by atoms with Crippen LogP contribution in [0.1, 0.15) is 0 Å². The van der Waals surface area contributed by atoms with Gasteiger partial charge in [-0.2, -0.15) is 0 Å². The van der Waals surface area contributed by atoms with E-state index >= 15 is 0 Å². The third kappa shape index (κ3) is 6.48. The number of ether oxygens (including phenoxy) is 9. The van der Waals surface area contributed by atoms with Crippen LogP contribution >= 0.6 is 0 Å². The molecule has 14 heteroatoms. The number of benzene rings is 6. The van der Waals surface area contributed by atoms with Gasteiger partial charge in [0.15, 0.2) is 42.6 Å². The van der Waals surface area contributed by atoms with Crippen molar-refractivity contribution in [2.24, 2.45) is 0 Å². The molecule has 0 bridgehead atoms. The van der Waals surface area contributed by atoms with Gasteiger partial charge >= 0.3 is 0 Å². The lowest BCUT2D eigenvalue weighted by atomic mass is 10.2. The van der Waals surface area contributed by atoms with E-state index in [0.717, 1.165) is 26.4 Å². The van der Waals surface area contributed by atoms with Crippen molar-refractivity contribution in [2.45, 2.75) is 9.79 Å². The molecule has 6 aromatic rings. The number of methoxy groups -OCH3 is 9. The van der Waals surface area contributed by atoms with E-state index in [1.54, 1.807) is 88.3 Å². The molecule has 306 valence electrons. The highest BCUT2D eigenvalue weighted by Crippen LogP contribution is 2.48. The largest absolute Gasteiger partial charge is 0.493 e. The van der Waals surface area contributed by atoms with Crippen molar-refractivity contribution in [1.29, 1.82) is 0 Å². The smallest absolute Gasteiger partial charge is 0.210 e. The first-order valence-electron chi connectivity index (χ1n) is 18.4. The van der Waals surface area contributed by atoms with Crippen LogP contribution < -0.4 is 68.3 Å². The van der Waals surface area contributed by atoms with E-state index < -0.39 is 17.9 Å². The van der Waals surface area contributed by atoms with E-state index in [0.29, 0.717) is 63.1 Å². The molecule has 0 fully saturated rings. The average Bonchev–Trinajstić information content (AvgIpc) is 3.28. The summed E-state index contributed by atoms with van der Waals surface area (Å²) >= 11 is 0. The van der Waals surface area contributed by atoms with E-state index in [-0.39, 0.29) is 9.79 Å². The summed E-state index contributed by atoms with van der Waals surface area (Å²) in [7, 11) is 6.67. The maximum atomic E-state index is 13.9. The van der Waals surface area contributed by atoms with Gasteiger partial charge in [-0.1, -0.05) is 36.4 Å². The minimum absolute atomic E-state index is 0.221. The summed E-state index contributed by atoms with van der Waals surface area (Å²) in [6.07, 6.45) is 0. The van der Waals surface area contributed by atoms with E-state index in [4.69, 9.17) is 42.6 Å². The van der Waals surface area contributed by atoms with E-state index in [1.807, 2.05) is 77.7 Å². The fraction of sp³-hybridized carbons (Fsp3) is 0.200. The molecule has 6 aromatic carbocycles. The molecule has 0 saturated carbocycles. The van der Waals surface area contributed by atoms with Crippen molar-refractivity contribution in [3.05, 3.63) is 109 Å². The first-order valence-corrected chi connectivity index (χ1v) is 21.8. The van der Waals surface area contributed by atoms with Crippen LogP contribution in [0.3, 0.4) is 0 Å². The Bertz CT molecular complexity index is 2350. The molecule has 1 aliphatic heterocycles. The summed E-state index contributed by atoms with van der Waals surface area (Å²) in [6, 6.07) is 33.9. The van der Waals surface area contributed by atoms with Crippen molar-refractivity contribution in [2.75, 3.05) is 68.9 Å². The van der Waals surface area contributed by atoms with Gasteiger partial charge in [0, 0.05) is 5.69 Å². The van der Waals surface area contributed by atoms with E-state index in [2.05, 4.69) is 12.1 Å². The Hall–Kier alpha value is -6.51. The normalized spacial score (nSPS) is 12.7. The van der Waals surface area contributed by atoms with Gasteiger partial charge in [0.25, 0.3) is 0 Å². The lowest BCUT2D eigenvalue weighted by molar-refractivity contribution is 0.324. The van der Waals surface area contributed by atoms with Crippen LogP contribution in [0.5, 0.6) is 51.7 Å². The zero-order valence-corrected chi connectivity index (χ0v) is 36.1. The van der Waals surface area contributed by atoms with Crippen LogP contribution in [-0.2, 0) is 9.84 Å². The van der Waals surface area contributed by atoms with Crippen LogP contribution in [0.25, 0.3) is 0 Å². The van der Waals surface area contributed by atoms with Crippen LogP contribution in [0.15, 0.2) is 119 Å². The number of sulfone groups is 1. The van der Waals surface area contributed by atoms with Gasteiger partial charge in [0.1, 0.15) is 0 Å². The molecular formula is C45H45NO11SSi. The van der Waals surface area contributed by atoms with E-state index in [9.17, 15) is 8.42 Å². The number of para-hydroxylation sites is 2. The van der Waals surface area contributed by atoms with Gasteiger partial charge in [-0.05, 0) is 93.5 Å². The van der Waals surface area contributed by atoms with Crippen molar-refractivity contribution >= 4 is 55.7 Å². The van der Waals surface area contributed by atoms with Crippen LogP contribution in [0, 0.1) is 0 Å². The minimum Gasteiger partial charge on any atom is -0.493 e. The molecule has 1 aliphatic rings. The molecule has 0 N–H and O–H groups in total. The first kappa shape index (κ1) is 40.7. The van der Waals surface area contributed by atoms with Gasteiger partial charge < -0.3 is 47.5 Å². The lowest BCUT2D eigenvalue weighted by Crippen LogP contribution is -2.74. The Labute approximate surface area is 345 Å². The third-order valence-corrected chi connectivity index (χ3v) is 17.2. The van der Waals surface area contributed by atoms with Crippen LogP contribution in [0.2, 0.25) is 0 Å². The van der Waals surface area contributed by atoms with Crippen molar-refractivity contribution in [3.8, 4) is 51.7 Å². The average molecular weight is 836 g/mol. The molecule has 0 atom stereocenters. The third-order valence-electron chi connectivity index (χ3n) is 10.6. The topological polar surface area (TPSA) is 120 Å². The summed E-state index contributed by atoms with van der Waals surface area (Å²) in [5.74, 6) is 3.92. The summed E-state index contributed by atoms with van der Waals surface area (Å²) < 4.78 is 81.0. The Morgan fingerprint density at radius 1 is 0.390 bits per heavy atom. The molecule has 0 amide bonds. The van der Waals surface area contributed by atoms with E-state index in [1.165, 1.54) is 0 Å². The highest BCUT2D eigenvalue weighted by atomic mass is 32.2. The summed E-state index contributed by atoms with van der Waals surface area (Å²) in [4.78, 5) is 2.41. The van der Waals surface area contributed by atoms with Gasteiger partial charge in [-0.25, -0.2) is 8.42 Å². The molecule has 0 radical (unpaired) electrons. The molecule has 7 rings (SSSR count). The van der Waals surface area contributed by atoms with Gasteiger partial charge in [-0.3, -0.25) is 0 Å². The van der Waals surface area contributed by atoms with Gasteiger partial charge in [0.2, 0.25) is 27.1 Å². The monoisotopic (exact) mass is 835 g/mol. The number of rotatable bonds is 14. The maximum absolute atomic E-state index is 13.9. The predicted molar refractivity (Wildman–Crippen MR) is 229 cm³/mol. The minimum atomic E-state index is -3.78. The molecule has 1 heterocycles. The Morgan fingerprint density at radius 2 is 0.695 bits per heavy atom. The van der Waals surface area contributed by atoms with Crippen molar-refractivity contribution < 1.29 is 51.0 Å². The molecule has 12 nitrogen and oxygen atoms in total. The molecule has 0 aliphatic carbocycles. The van der Waals surface area contributed by atoms with Crippen LogP contribution in [0.4, 0.5) is 17.1 Å². The fourth-order valence-corrected chi connectivity index (χ4v) is 14.4. The molecule has 0 aromatic heterocycles. The number of anilines is 3. The quantitative estimate of drug-likeness (QED) is 0.0980. The molecule has 59 heavy (non-hydrogen) atoms. The zero-order valence-electron chi connectivity index (χ0n) is 34.2. The summed E-state index contributed by atoms with van der Waals surface area (Å²) in [6.45, 7) is 0. The first-order chi connectivity index (χ1) is 28.6. The SMILES string of the molecule is COc1cc([Si](c2ccc(N3c4ccccc4S(=O)(=O)c4ccccc43)cc2)(c2cc(OC)c(OC)c(OC)c2)c2cc(OC)c(OC)c(OC)c2)cc(OC)c1OC.